The van der Waals surface area contributed by atoms with E-state index in [1.165, 1.54) is 0 Å². The summed E-state index contributed by atoms with van der Waals surface area (Å²) in [4.78, 5) is 16.8. The predicted molar refractivity (Wildman–Crippen MR) is 86.8 cm³/mol. The molecule has 0 bridgehead atoms. The first-order chi connectivity index (χ1) is 11.0. The molecule has 6 heteroatoms. The van der Waals surface area contributed by atoms with Gasteiger partial charge in [0.1, 0.15) is 5.69 Å². The third-order valence-electron chi connectivity index (χ3n) is 4.53. The van der Waals surface area contributed by atoms with Crippen LogP contribution in [-0.2, 0) is 12.8 Å². The standard InChI is InChI=1S/C18H25F3N2O/c1-11-5-7-13-12(9-11)6-8-14(22-13)16(24)23-15(17(2,3)4)10-18(19,20)21/h6,8,11,15H,5,7,9-10H2,1-4H3,(H,23,24). The Morgan fingerprint density at radius 3 is 2.58 bits per heavy atom. The van der Waals surface area contributed by atoms with Crippen molar-refractivity contribution in [2.45, 2.75) is 65.6 Å². The van der Waals surface area contributed by atoms with Gasteiger partial charge in [-0.05, 0) is 42.2 Å². The highest BCUT2D eigenvalue weighted by atomic mass is 19.4. The van der Waals surface area contributed by atoms with Crippen LogP contribution in [-0.4, -0.2) is 23.1 Å². The van der Waals surface area contributed by atoms with Crippen LogP contribution in [0.15, 0.2) is 12.1 Å². The van der Waals surface area contributed by atoms with Crippen LogP contribution in [0.3, 0.4) is 0 Å². The Bertz CT molecular complexity index is 605. The van der Waals surface area contributed by atoms with Gasteiger partial charge in [-0.2, -0.15) is 13.2 Å². The lowest BCUT2D eigenvalue weighted by molar-refractivity contribution is -0.145. The zero-order valence-electron chi connectivity index (χ0n) is 14.6. The molecule has 1 N–H and O–H groups in total. The molecule has 2 unspecified atom stereocenters. The SMILES string of the molecule is CC1CCc2nc(C(=O)NC(CC(F)(F)F)C(C)(C)C)ccc2C1. The molecule has 1 aromatic heterocycles. The molecule has 1 aromatic rings. The van der Waals surface area contributed by atoms with Crippen molar-refractivity contribution in [3.63, 3.8) is 0 Å². The van der Waals surface area contributed by atoms with E-state index in [4.69, 9.17) is 0 Å². The summed E-state index contributed by atoms with van der Waals surface area (Å²) in [5.41, 5.74) is 1.52. The van der Waals surface area contributed by atoms with E-state index in [9.17, 15) is 18.0 Å². The number of hydrogen-bond donors (Lipinski definition) is 1. The molecule has 1 aliphatic rings. The second-order valence-electron chi connectivity index (χ2n) is 7.86. The average molecular weight is 342 g/mol. The van der Waals surface area contributed by atoms with Crippen molar-refractivity contribution in [1.82, 2.24) is 10.3 Å². The smallest absolute Gasteiger partial charge is 0.347 e. The number of rotatable bonds is 3. The van der Waals surface area contributed by atoms with Gasteiger partial charge >= 0.3 is 6.18 Å². The van der Waals surface area contributed by atoms with Crippen LogP contribution in [0.4, 0.5) is 13.2 Å². The van der Waals surface area contributed by atoms with E-state index in [2.05, 4.69) is 17.2 Å². The van der Waals surface area contributed by atoms with E-state index in [0.29, 0.717) is 5.92 Å². The summed E-state index contributed by atoms with van der Waals surface area (Å²) >= 11 is 0. The number of alkyl halides is 3. The number of aromatic nitrogens is 1. The van der Waals surface area contributed by atoms with E-state index in [1.807, 2.05) is 6.07 Å². The third kappa shape index (κ3) is 4.95. The highest BCUT2D eigenvalue weighted by molar-refractivity contribution is 5.92. The van der Waals surface area contributed by atoms with Crippen molar-refractivity contribution in [3.05, 3.63) is 29.1 Å². The molecule has 134 valence electrons. The van der Waals surface area contributed by atoms with Crippen LogP contribution in [0.25, 0.3) is 0 Å². The van der Waals surface area contributed by atoms with Crippen molar-refractivity contribution in [2.75, 3.05) is 0 Å². The van der Waals surface area contributed by atoms with E-state index >= 15 is 0 Å². The summed E-state index contributed by atoms with van der Waals surface area (Å²) < 4.78 is 38.4. The van der Waals surface area contributed by atoms with Gasteiger partial charge in [-0.1, -0.05) is 33.8 Å². The number of aryl methyl sites for hydroxylation is 1. The Balaban J connectivity index is 2.15. The maximum absolute atomic E-state index is 12.8. The van der Waals surface area contributed by atoms with Gasteiger partial charge in [-0.25, -0.2) is 4.98 Å². The fraction of sp³-hybridized carbons (Fsp3) is 0.667. The summed E-state index contributed by atoms with van der Waals surface area (Å²) in [6, 6.07) is 2.49. The Kier molecular flexibility index (Phi) is 5.25. The highest BCUT2D eigenvalue weighted by Gasteiger charge is 2.38. The Labute approximate surface area is 141 Å². The van der Waals surface area contributed by atoms with Gasteiger partial charge in [0, 0.05) is 11.7 Å². The lowest BCUT2D eigenvalue weighted by Crippen LogP contribution is -2.46. The van der Waals surface area contributed by atoms with Gasteiger partial charge in [-0.3, -0.25) is 4.79 Å². The van der Waals surface area contributed by atoms with Gasteiger partial charge in [0.05, 0.1) is 6.42 Å². The molecule has 24 heavy (non-hydrogen) atoms. The Morgan fingerprint density at radius 2 is 2.00 bits per heavy atom. The van der Waals surface area contributed by atoms with Gasteiger partial charge in [0.2, 0.25) is 0 Å². The molecular weight excluding hydrogens is 317 g/mol. The van der Waals surface area contributed by atoms with Crippen molar-refractivity contribution in [2.24, 2.45) is 11.3 Å². The van der Waals surface area contributed by atoms with E-state index in [0.717, 1.165) is 30.5 Å². The monoisotopic (exact) mass is 342 g/mol. The molecular formula is C18H25F3N2O. The van der Waals surface area contributed by atoms with Crippen LogP contribution >= 0.6 is 0 Å². The van der Waals surface area contributed by atoms with Gasteiger partial charge in [0.15, 0.2) is 0 Å². The molecule has 0 radical (unpaired) electrons. The van der Waals surface area contributed by atoms with Gasteiger partial charge in [0.25, 0.3) is 5.91 Å². The van der Waals surface area contributed by atoms with Crippen LogP contribution < -0.4 is 5.32 Å². The molecule has 2 atom stereocenters. The number of hydrogen-bond acceptors (Lipinski definition) is 2. The van der Waals surface area contributed by atoms with E-state index in [-0.39, 0.29) is 5.69 Å². The summed E-state index contributed by atoms with van der Waals surface area (Å²) in [5, 5.41) is 2.52. The number of nitrogens with one attached hydrogen (secondary N) is 1. The number of nitrogens with zero attached hydrogens (tertiary/aromatic N) is 1. The second-order valence-corrected chi connectivity index (χ2v) is 7.86. The highest BCUT2D eigenvalue weighted by Crippen LogP contribution is 2.31. The lowest BCUT2D eigenvalue weighted by atomic mass is 9.84. The molecule has 0 aliphatic heterocycles. The van der Waals surface area contributed by atoms with Crippen LogP contribution in [0.1, 0.15) is 62.3 Å². The number of amides is 1. The first kappa shape index (κ1) is 18.7. The third-order valence-corrected chi connectivity index (χ3v) is 4.53. The fourth-order valence-electron chi connectivity index (χ4n) is 2.96. The van der Waals surface area contributed by atoms with Gasteiger partial charge in [-0.15, -0.1) is 0 Å². The molecule has 0 saturated carbocycles. The zero-order chi connectivity index (χ0) is 18.1. The van der Waals surface area contributed by atoms with Crippen molar-refractivity contribution in [1.29, 1.82) is 0 Å². The molecule has 0 spiro atoms. The molecule has 1 amide bonds. The summed E-state index contributed by atoms with van der Waals surface area (Å²) in [5.74, 6) is 0.0524. The molecule has 1 aliphatic carbocycles. The Morgan fingerprint density at radius 1 is 1.33 bits per heavy atom. The second kappa shape index (κ2) is 6.73. The predicted octanol–water partition coefficient (Wildman–Crippen LogP) is 4.30. The maximum Gasteiger partial charge on any atom is 0.391 e. The van der Waals surface area contributed by atoms with Crippen LogP contribution in [0.5, 0.6) is 0 Å². The number of pyridine rings is 1. The lowest BCUT2D eigenvalue weighted by Gasteiger charge is -2.32. The molecule has 0 saturated heterocycles. The minimum Gasteiger partial charge on any atom is -0.347 e. The van der Waals surface area contributed by atoms with Crippen molar-refractivity contribution < 1.29 is 18.0 Å². The number of carbonyl (C=O) groups is 1. The largest absolute Gasteiger partial charge is 0.391 e. The first-order valence-corrected chi connectivity index (χ1v) is 8.32. The zero-order valence-corrected chi connectivity index (χ0v) is 14.6. The van der Waals surface area contributed by atoms with E-state index < -0.39 is 30.0 Å². The molecule has 2 rings (SSSR count). The number of halogens is 3. The Hall–Kier alpha value is -1.59. The summed E-state index contributed by atoms with van der Waals surface area (Å²) in [7, 11) is 0. The van der Waals surface area contributed by atoms with Crippen molar-refractivity contribution in [3.8, 4) is 0 Å². The number of carbonyl (C=O) groups excluding carboxylic acids is 1. The maximum atomic E-state index is 12.8. The average Bonchev–Trinajstić information content (AvgIpc) is 2.43. The first-order valence-electron chi connectivity index (χ1n) is 8.32. The van der Waals surface area contributed by atoms with Crippen LogP contribution in [0, 0.1) is 11.3 Å². The van der Waals surface area contributed by atoms with Crippen molar-refractivity contribution >= 4 is 5.91 Å². The summed E-state index contributed by atoms with van der Waals surface area (Å²) in [6.07, 6.45) is -2.62. The molecule has 0 fully saturated rings. The minimum absolute atomic E-state index is 0.194. The molecule has 3 nitrogen and oxygen atoms in total. The van der Waals surface area contributed by atoms with Gasteiger partial charge < -0.3 is 5.32 Å². The minimum atomic E-state index is -4.33. The quantitative estimate of drug-likeness (QED) is 0.890. The summed E-state index contributed by atoms with van der Waals surface area (Å²) in [6.45, 7) is 7.23. The van der Waals surface area contributed by atoms with Crippen LogP contribution in [0.2, 0.25) is 0 Å². The molecule has 0 aromatic carbocycles. The fourth-order valence-corrected chi connectivity index (χ4v) is 2.96. The number of fused-ring (bicyclic) bond motifs is 1. The topological polar surface area (TPSA) is 42.0 Å². The normalized spacial score (nSPS) is 19.5. The molecule has 1 heterocycles. The van der Waals surface area contributed by atoms with E-state index in [1.54, 1.807) is 26.8 Å².